The van der Waals surface area contributed by atoms with Crippen molar-refractivity contribution in [2.75, 3.05) is 0 Å². The Bertz CT molecular complexity index is 1890. The molecule has 1 spiro atoms. The third-order valence-electron chi connectivity index (χ3n) is 23.9. The molecule has 0 amide bonds. The van der Waals surface area contributed by atoms with E-state index in [0.29, 0.717) is 29.5 Å². The summed E-state index contributed by atoms with van der Waals surface area (Å²) in [4.78, 5) is 5.31. The van der Waals surface area contributed by atoms with Crippen LogP contribution in [0.4, 0.5) is 0 Å². The van der Waals surface area contributed by atoms with Gasteiger partial charge in [0.2, 0.25) is 0 Å². The van der Waals surface area contributed by atoms with E-state index in [9.17, 15) is 0 Å². The number of nitrogens with one attached hydrogen (secondary N) is 1. The van der Waals surface area contributed by atoms with Gasteiger partial charge in [-0.1, -0.05) is 82.1 Å². The van der Waals surface area contributed by atoms with Gasteiger partial charge < -0.3 is 15.0 Å². The van der Waals surface area contributed by atoms with E-state index in [1.807, 2.05) is 10.6 Å². The summed E-state index contributed by atoms with van der Waals surface area (Å²) >= 11 is 2.43. The molecule has 2 aliphatic heterocycles. The minimum atomic E-state index is 0.412. The van der Waals surface area contributed by atoms with E-state index < -0.39 is 0 Å². The molecule has 1 saturated heterocycles. The minimum absolute atomic E-state index is 0.412. The van der Waals surface area contributed by atoms with Crippen LogP contribution in [0.25, 0.3) is 0 Å². The fourth-order valence-corrected chi connectivity index (χ4v) is 24.1. The summed E-state index contributed by atoms with van der Waals surface area (Å²) in [5.41, 5.74) is 4.34. The van der Waals surface area contributed by atoms with Crippen LogP contribution in [0.5, 0.6) is 0 Å². The molecule has 19 atom stereocenters. The first-order valence-electron chi connectivity index (χ1n) is 29.9. The molecule has 9 fully saturated rings. The van der Waals surface area contributed by atoms with E-state index in [4.69, 9.17) is 4.74 Å². The standard InChI is InChI=1S/C61H90N2OS/c1-2-17-38(18-3-1)63(55-32-16-26-47-44-22-8-13-34-57(44)65-60(47)55)39-35-36-41-40-19-4-9-27-49(40)61(52(41)37-39)50-28-10-5-23-48(50)58-45(24-14-29-51(58)61)42-20-6-11-30-53(42)62-54-31-15-25-46-43-21-7-12-33-56(43)64-59(46)54/h8,11,22,30,38-42,44-54,57-59,62H,1-7,9-10,12-21,23-29,31-37H2. The second-order valence-electron chi connectivity index (χ2n) is 26.1. The summed E-state index contributed by atoms with van der Waals surface area (Å²) < 4.78 is 7.04. The highest BCUT2D eigenvalue weighted by Gasteiger charge is 2.73. The van der Waals surface area contributed by atoms with Crippen LogP contribution in [0.3, 0.4) is 0 Å². The monoisotopic (exact) mass is 899 g/mol. The van der Waals surface area contributed by atoms with Crippen molar-refractivity contribution in [2.45, 2.75) is 247 Å². The highest BCUT2D eigenvalue weighted by atomic mass is 32.2. The predicted molar refractivity (Wildman–Crippen MR) is 269 cm³/mol. The predicted octanol–water partition coefficient (Wildman–Crippen LogP) is 15.5. The van der Waals surface area contributed by atoms with E-state index in [1.165, 1.54) is 153 Å². The fraction of sp³-hybridized carbons (Fsp3) is 0.869. The van der Waals surface area contributed by atoms with Gasteiger partial charge in [0, 0.05) is 52.4 Å². The molecule has 14 rings (SSSR count). The van der Waals surface area contributed by atoms with Gasteiger partial charge in [-0.25, -0.2) is 0 Å². The Morgan fingerprint density at radius 3 is 2.20 bits per heavy atom. The number of hydrogen-bond acceptors (Lipinski definition) is 4. The van der Waals surface area contributed by atoms with Crippen LogP contribution in [0.2, 0.25) is 0 Å². The second kappa shape index (κ2) is 17.6. The summed E-state index contributed by atoms with van der Waals surface area (Å²) in [5.74, 6) is 13.8. The fourth-order valence-electron chi connectivity index (χ4n) is 22.2. The van der Waals surface area contributed by atoms with Gasteiger partial charge >= 0.3 is 0 Å². The molecule has 0 radical (unpaired) electrons. The average Bonchev–Trinajstić information content (AvgIpc) is 4.11. The zero-order valence-corrected chi connectivity index (χ0v) is 41.7. The maximum absolute atomic E-state index is 7.04. The Hall–Kier alpha value is -1.13. The largest absolute Gasteiger partial charge is 0.493 e. The SMILES string of the molecule is C1=CC2C(CC1)SC1=C(N(C3CCCCC3)C3CCC4C5CCCCC5C5(C4C3)C3CCCCC3C3C(C4CCC=CC4NC4CCCC6C7=C(CCCC7)OC46)CCCC35)CCCC12. The lowest BCUT2D eigenvalue weighted by Crippen LogP contribution is -2.54. The quantitative estimate of drug-likeness (QED) is 0.269. The molecule has 8 saturated carbocycles. The Balaban J connectivity index is 0.805. The zero-order valence-electron chi connectivity index (χ0n) is 40.9. The van der Waals surface area contributed by atoms with Crippen LogP contribution >= 0.6 is 11.8 Å². The van der Waals surface area contributed by atoms with Crippen LogP contribution in [-0.2, 0) is 4.74 Å². The van der Waals surface area contributed by atoms with E-state index in [1.54, 1.807) is 69.8 Å². The Morgan fingerprint density at radius 2 is 1.28 bits per heavy atom. The van der Waals surface area contributed by atoms with Crippen molar-refractivity contribution in [1.82, 2.24) is 10.2 Å². The van der Waals surface area contributed by atoms with Crippen molar-refractivity contribution in [1.29, 1.82) is 0 Å². The summed E-state index contributed by atoms with van der Waals surface area (Å²) in [6, 6.07) is 2.72. The molecule has 1 N–H and O–H groups in total. The molecule has 19 unspecified atom stereocenters. The smallest absolute Gasteiger partial charge is 0.120 e. The first kappa shape index (κ1) is 42.7. The third kappa shape index (κ3) is 6.82. The van der Waals surface area contributed by atoms with Crippen LogP contribution in [0, 0.1) is 82.3 Å². The molecule has 0 aromatic rings. The molecule has 12 aliphatic carbocycles. The lowest BCUT2D eigenvalue weighted by Gasteiger charge is -2.55. The molecule has 356 valence electrons. The lowest BCUT2D eigenvalue weighted by atomic mass is 9.52. The van der Waals surface area contributed by atoms with Crippen molar-refractivity contribution in [3.63, 3.8) is 0 Å². The van der Waals surface area contributed by atoms with Gasteiger partial charge in [-0.05, 0) is 230 Å². The minimum Gasteiger partial charge on any atom is -0.493 e. The number of allylic oxidation sites excluding steroid dienone is 6. The summed E-state index contributed by atoms with van der Waals surface area (Å²) in [6.07, 6.45) is 59.6. The molecule has 2 heterocycles. The molecule has 3 nitrogen and oxygen atoms in total. The first-order valence-corrected chi connectivity index (χ1v) is 30.8. The van der Waals surface area contributed by atoms with Gasteiger partial charge in [0.1, 0.15) is 6.10 Å². The molecule has 65 heavy (non-hydrogen) atoms. The highest BCUT2D eigenvalue weighted by Crippen LogP contribution is 2.79. The van der Waals surface area contributed by atoms with E-state index in [0.717, 1.165) is 88.3 Å². The Morgan fingerprint density at radius 1 is 0.538 bits per heavy atom. The molecule has 14 aliphatic rings. The van der Waals surface area contributed by atoms with Gasteiger partial charge in [-0.15, -0.1) is 11.8 Å². The van der Waals surface area contributed by atoms with Crippen LogP contribution in [0.15, 0.2) is 46.2 Å². The molecular weight excluding hydrogens is 809 g/mol. The van der Waals surface area contributed by atoms with Crippen LogP contribution < -0.4 is 5.32 Å². The number of nitrogens with zero attached hydrogens (tertiary/aromatic N) is 1. The van der Waals surface area contributed by atoms with Gasteiger partial charge in [-0.2, -0.15) is 0 Å². The van der Waals surface area contributed by atoms with Gasteiger partial charge in [0.05, 0.1) is 5.76 Å². The number of thioether (sulfide) groups is 1. The van der Waals surface area contributed by atoms with Crippen LogP contribution in [-0.4, -0.2) is 40.4 Å². The summed E-state index contributed by atoms with van der Waals surface area (Å²) in [5, 5.41) is 5.41. The Kier molecular flexibility index (Phi) is 11.6. The topological polar surface area (TPSA) is 24.5 Å². The zero-order chi connectivity index (χ0) is 42.6. The van der Waals surface area contributed by atoms with Crippen molar-refractivity contribution in [3.05, 3.63) is 46.2 Å². The molecular formula is C61H90N2OS. The Labute approximate surface area is 400 Å². The van der Waals surface area contributed by atoms with Gasteiger partial charge in [-0.3, -0.25) is 0 Å². The third-order valence-corrected chi connectivity index (χ3v) is 25.6. The van der Waals surface area contributed by atoms with Crippen molar-refractivity contribution >= 4 is 11.8 Å². The normalized spacial score (nSPS) is 50.2. The molecule has 0 bridgehead atoms. The van der Waals surface area contributed by atoms with Crippen LogP contribution in [0.1, 0.15) is 212 Å². The number of rotatable bonds is 6. The number of hydrogen-bond donors (Lipinski definition) is 1. The van der Waals surface area contributed by atoms with Gasteiger partial charge in [0.15, 0.2) is 0 Å². The molecule has 0 aromatic carbocycles. The summed E-state index contributed by atoms with van der Waals surface area (Å²) in [6.45, 7) is 0. The molecule has 4 heteroatoms. The highest BCUT2D eigenvalue weighted by molar-refractivity contribution is 8.04. The van der Waals surface area contributed by atoms with E-state index >= 15 is 0 Å². The molecule has 0 aromatic heterocycles. The summed E-state index contributed by atoms with van der Waals surface area (Å²) in [7, 11) is 0. The van der Waals surface area contributed by atoms with Crippen molar-refractivity contribution in [3.8, 4) is 0 Å². The van der Waals surface area contributed by atoms with E-state index in [2.05, 4.69) is 46.3 Å². The van der Waals surface area contributed by atoms with Gasteiger partial charge in [0.25, 0.3) is 0 Å². The van der Waals surface area contributed by atoms with Crippen molar-refractivity contribution < 1.29 is 4.74 Å². The maximum atomic E-state index is 7.04. The average molecular weight is 899 g/mol. The van der Waals surface area contributed by atoms with E-state index in [-0.39, 0.29) is 0 Å². The number of ether oxygens (including phenoxy) is 1. The number of fused-ring (bicyclic) bond motifs is 15. The lowest BCUT2D eigenvalue weighted by molar-refractivity contribution is -0.0574. The van der Waals surface area contributed by atoms with Crippen molar-refractivity contribution in [2.24, 2.45) is 82.3 Å². The maximum Gasteiger partial charge on any atom is 0.120 e. The second-order valence-corrected chi connectivity index (χ2v) is 27.4. The first-order chi connectivity index (χ1) is 32.3.